The van der Waals surface area contributed by atoms with E-state index in [1.165, 1.54) is 10.9 Å². The Morgan fingerprint density at radius 1 is 1.36 bits per heavy atom. The minimum atomic E-state index is -0.317. The molecule has 0 bridgehead atoms. The average Bonchev–Trinajstić information content (AvgIpc) is 3.18. The number of nitrogens with one attached hydrogen (secondary N) is 1. The van der Waals surface area contributed by atoms with E-state index in [1.807, 2.05) is 6.20 Å². The molecule has 0 aliphatic heterocycles. The number of rotatable bonds is 6. The molecule has 3 aromatic rings. The first kappa shape index (κ1) is 16.9. The summed E-state index contributed by atoms with van der Waals surface area (Å²) < 4.78 is 8.86. The molecule has 0 aromatic carbocycles. The molecule has 0 aliphatic carbocycles. The maximum atomic E-state index is 12.5. The van der Waals surface area contributed by atoms with E-state index >= 15 is 0 Å². The van der Waals surface area contributed by atoms with Crippen LogP contribution in [0.25, 0.3) is 11.1 Å². The first-order chi connectivity index (χ1) is 12.0. The maximum Gasteiger partial charge on any atom is 0.265 e. The third kappa shape index (κ3) is 3.19. The number of nitrogens with zero attached hydrogens (tertiary/aromatic N) is 4. The number of amides is 1. The number of imidazole rings is 1. The number of furan rings is 1. The monoisotopic (exact) mass is 343 g/mol. The van der Waals surface area contributed by atoms with E-state index in [9.17, 15) is 9.59 Å². The van der Waals surface area contributed by atoms with Crippen molar-refractivity contribution in [2.45, 2.75) is 33.2 Å². The second-order valence-electron chi connectivity index (χ2n) is 5.87. The first-order valence-electron chi connectivity index (χ1n) is 8.25. The van der Waals surface area contributed by atoms with E-state index in [0.717, 1.165) is 25.2 Å². The SMILES string of the molecule is CCc1nccn1CCCNC(=O)c1c(C)oc2ncn(C)c(=O)c12. The summed E-state index contributed by atoms with van der Waals surface area (Å²) in [7, 11) is 1.59. The number of fused-ring (bicyclic) bond motifs is 1. The van der Waals surface area contributed by atoms with Gasteiger partial charge in [-0.2, -0.15) is 0 Å². The predicted molar refractivity (Wildman–Crippen MR) is 92.5 cm³/mol. The number of aryl methyl sites for hydroxylation is 4. The second-order valence-corrected chi connectivity index (χ2v) is 5.87. The van der Waals surface area contributed by atoms with E-state index in [-0.39, 0.29) is 28.1 Å². The van der Waals surface area contributed by atoms with Crippen LogP contribution in [0.1, 0.15) is 35.3 Å². The molecule has 3 aromatic heterocycles. The number of aromatic nitrogens is 4. The third-order valence-corrected chi connectivity index (χ3v) is 4.15. The van der Waals surface area contributed by atoms with E-state index < -0.39 is 0 Å². The Morgan fingerprint density at radius 3 is 2.92 bits per heavy atom. The number of carbonyl (C=O) groups excluding carboxylic acids is 1. The van der Waals surface area contributed by atoms with Crippen molar-refractivity contribution in [1.82, 2.24) is 24.4 Å². The van der Waals surface area contributed by atoms with Gasteiger partial charge >= 0.3 is 0 Å². The fourth-order valence-electron chi connectivity index (χ4n) is 2.86. The molecule has 1 amide bonds. The normalized spacial score (nSPS) is 11.2. The van der Waals surface area contributed by atoms with Crippen LogP contribution in [0.4, 0.5) is 0 Å². The number of carbonyl (C=O) groups is 1. The smallest absolute Gasteiger partial charge is 0.265 e. The zero-order valence-electron chi connectivity index (χ0n) is 14.6. The molecular formula is C17H21N5O3. The topological polar surface area (TPSA) is 94.9 Å². The number of hydrogen-bond acceptors (Lipinski definition) is 5. The quantitative estimate of drug-likeness (QED) is 0.683. The zero-order chi connectivity index (χ0) is 18.0. The molecule has 25 heavy (non-hydrogen) atoms. The van der Waals surface area contributed by atoms with Gasteiger partial charge in [-0.25, -0.2) is 9.97 Å². The summed E-state index contributed by atoms with van der Waals surface area (Å²) in [6.07, 6.45) is 6.73. The highest BCUT2D eigenvalue weighted by molar-refractivity contribution is 6.06. The zero-order valence-corrected chi connectivity index (χ0v) is 14.6. The fraction of sp³-hybridized carbons (Fsp3) is 0.412. The summed E-state index contributed by atoms with van der Waals surface area (Å²) in [5.74, 6) is 1.10. The molecule has 0 atom stereocenters. The van der Waals surface area contributed by atoms with Gasteiger partial charge in [0.1, 0.15) is 23.3 Å². The Kier molecular flexibility index (Phi) is 4.69. The maximum absolute atomic E-state index is 12.5. The predicted octanol–water partition coefficient (Wildman–Crippen LogP) is 1.41. The van der Waals surface area contributed by atoms with Crippen molar-refractivity contribution in [1.29, 1.82) is 0 Å². The van der Waals surface area contributed by atoms with Gasteiger partial charge in [-0.15, -0.1) is 0 Å². The van der Waals surface area contributed by atoms with Gasteiger partial charge in [0, 0.05) is 39.0 Å². The fourth-order valence-corrected chi connectivity index (χ4v) is 2.86. The summed E-state index contributed by atoms with van der Waals surface area (Å²) in [5, 5.41) is 3.08. The van der Waals surface area contributed by atoms with E-state index in [4.69, 9.17) is 4.42 Å². The van der Waals surface area contributed by atoms with Crippen LogP contribution in [-0.4, -0.2) is 31.6 Å². The molecule has 0 saturated heterocycles. The Balaban J connectivity index is 1.70. The molecular weight excluding hydrogens is 322 g/mol. The van der Waals surface area contributed by atoms with Crippen LogP contribution in [0.15, 0.2) is 27.9 Å². The standard InChI is InChI=1S/C17H21N5O3/c1-4-12-18-7-9-22(12)8-5-6-19-15(23)13-11(2)25-16-14(13)17(24)21(3)10-20-16/h7,9-10H,4-6,8H2,1-3H3,(H,19,23). The molecule has 0 fully saturated rings. The Hall–Kier alpha value is -2.90. The van der Waals surface area contributed by atoms with Gasteiger partial charge in [0.25, 0.3) is 11.5 Å². The lowest BCUT2D eigenvalue weighted by Gasteiger charge is -2.07. The summed E-state index contributed by atoms with van der Waals surface area (Å²) in [5.41, 5.74) is 0.162. The molecule has 3 rings (SSSR count). The van der Waals surface area contributed by atoms with E-state index in [1.54, 1.807) is 20.2 Å². The summed E-state index contributed by atoms with van der Waals surface area (Å²) in [6.45, 7) is 4.99. The molecule has 8 heteroatoms. The van der Waals surface area contributed by atoms with E-state index in [2.05, 4.69) is 26.8 Å². The van der Waals surface area contributed by atoms with Crippen molar-refractivity contribution in [3.8, 4) is 0 Å². The van der Waals surface area contributed by atoms with Crippen molar-refractivity contribution < 1.29 is 9.21 Å². The van der Waals surface area contributed by atoms with Gasteiger partial charge < -0.3 is 18.9 Å². The van der Waals surface area contributed by atoms with Crippen LogP contribution in [0, 0.1) is 6.92 Å². The van der Waals surface area contributed by atoms with Crippen molar-refractivity contribution >= 4 is 17.0 Å². The van der Waals surface area contributed by atoms with Crippen LogP contribution in [-0.2, 0) is 20.0 Å². The Bertz CT molecular complexity index is 966. The molecule has 0 unspecified atom stereocenters. The molecule has 0 saturated carbocycles. The summed E-state index contributed by atoms with van der Waals surface area (Å²) in [4.78, 5) is 33.2. The molecule has 132 valence electrons. The van der Waals surface area contributed by atoms with Crippen LogP contribution in [0.5, 0.6) is 0 Å². The van der Waals surface area contributed by atoms with Gasteiger partial charge in [0.15, 0.2) is 0 Å². The summed E-state index contributed by atoms with van der Waals surface area (Å²) >= 11 is 0. The minimum Gasteiger partial charge on any atom is -0.442 e. The van der Waals surface area contributed by atoms with Crippen LogP contribution in [0.3, 0.4) is 0 Å². The molecule has 0 aliphatic rings. The highest BCUT2D eigenvalue weighted by Gasteiger charge is 2.22. The van der Waals surface area contributed by atoms with Crippen LogP contribution in [0.2, 0.25) is 0 Å². The number of hydrogen-bond donors (Lipinski definition) is 1. The second kappa shape index (κ2) is 6.92. The van der Waals surface area contributed by atoms with Crippen molar-refractivity contribution in [2.24, 2.45) is 7.05 Å². The van der Waals surface area contributed by atoms with Gasteiger partial charge in [-0.3, -0.25) is 9.59 Å². The van der Waals surface area contributed by atoms with E-state index in [0.29, 0.717) is 12.3 Å². The van der Waals surface area contributed by atoms with Crippen molar-refractivity contribution in [3.63, 3.8) is 0 Å². The molecule has 8 nitrogen and oxygen atoms in total. The summed E-state index contributed by atoms with van der Waals surface area (Å²) in [6, 6.07) is 0. The third-order valence-electron chi connectivity index (χ3n) is 4.15. The van der Waals surface area contributed by atoms with Crippen molar-refractivity contribution in [2.75, 3.05) is 6.54 Å². The Morgan fingerprint density at radius 2 is 2.16 bits per heavy atom. The average molecular weight is 343 g/mol. The molecule has 0 spiro atoms. The molecule has 1 N–H and O–H groups in total. The van der Waals surface area contributed by atoms with Crippen LogP contribution >= 0.6 is 0 Å². The Labute approximate surface area is 144 Å². The van der Waals surface area contributed by atoms with Gasteiger partial charge in [-0.05, 0) is 13.3 Å². The molecule has 3 heterocycles. The highest BCUT2D eigenvalue weighted by Crippen LogP contribution is 2.20. The minimum absolute atomic E-state index is 0.191. The first-order valence-corrected chi connectivity index (χ1v) is 8.25. The largest absolute Gasteiger partial charge is 0.442 e. The van der Waals surface area contributed by atoms with Gasteiger partial charge in [0.05, 0.1) is 5.56 Å². The van der Waals surface area contributed by atoms with Crippen molar-refractivity contribution in [3.05, 3.63) is 46.2 Å². The van der Waals surface area contributed by atoms with Gasteiger partial charge in [0.2, 0.25) is 5.71 Å². The molecule has 0 radical (unpaired) electrons. The van der Waals surface area contributed by atoms with Gasteiger partial charge in [-0.1, -0.05) is 6.92 Å². The van der Waals surface area contributed by atoms with Crippen LogP contribution < -0.4 is 10.9 Å². The highest BCUT2D eigenvalue weighted by atomic mass is 16.3. The lowest BCUT2D eigenvalue weighted by Crippen LogP contribution is -2.27. The lowest BCUT2D eigenvalue weighted by atomic mass is 10.1. The lowest BCUT2D eigenvalue weighted by molar-refractivity contribution is 0.0952.